The smallest absolute Gasteiger partial charge is 0.247 e. The topological polar surface area (TPSA) is 83.0 Å². The summed E-state index contributed by atoms with van der Waals surface area (Å²) in [7, 11) is -1.73. The number of aliphatic hydroxyl groups is 1. The van der Waals surface area contributed by atoms with Gasteiger partial charge >= 0.3 is 0 Å². The molecule has 2 aromatic rings. The number of aromatic nitrogens is 1. The highest BCUT2D eigenvalue weighted by Gasteiger charge is 2.35. The van der Waals surface area contributed by atoms with Crippen molar-refractivity contribution in [2.45, 2.75) is 68.5 Å². The summed E-state index contributed by atoms with van der Waals surface area (Å²) in [6, 6.07) is 9.08. The zero-order chi connectivity index (χ0) is 23.4. The molecule has 0 bridgehead atoms. The number of rotatable bonds is 7. The second-order valence-corrected chi connectivity index (χ2v) is 11.3. The normalized spacial score (nSPS) is 22.4. The molecular formula is C25H35N3O4S. The third kappa shape index (κ3) is 5.57. The first kappa shape index (κ1) is 24.1. The van der Waals surface area contributed by atoms with Gasteiger partial charge in [0.25, 0.3) is 0 Å². The predicted octanol–water partition coefficient (Wildman–Crippen LogP) is 3.39. The Morgan fingerprint density at radius 2 is 2.03 bits per heavy atom. The molecule has 1 fully saturated rings. The minimum Gasteiger partial charge on any atom is -0.488 e. The Hall–Kier alpha value is -2.00. The molecule has 1 aromatic heterocycles. The van der Waals surface area contributed by atoms with Gasteiger partial charge in [-0.15, -0.1) is 0 Å². The quantitative estimate of drug-likeness (QED) is 0.664. The Bertz CT molecular complexity index is 1030. The average Bonchev–Trinajstić information content (AvgIpc) is 3.33. The molecule has 7 nitrogen and oxygen atoms in total. The lowest BCUT2D eigenvalue weighted by Crippen LogP contribution is -2.45. The Morgan fingerprint density at radius 1 is 1.24 bits per heavy atom. The van der Waals surface area contributed by atoms with E-state index < -0.39 is 16.1 Å². The zero-order valence-corrected chi connectivity index (χ0v) is 20.4. The summed E-state index contributed by atoms with van der Waals surface area (Å²) in [4.78, 5) is 6.57. The van der Waals surface area contributed by atoms with Crippen LogP contribution in [0.3, 0.4) is 0 Å². The molecule has 180 valence electrons. The number of sulfonamides is 1. The largest absolute Gasteiger partial charge is 0.488 e. The fourth-order valence-corrected chi connectivity index (χ4v) is 6.73. The molecule has 0 radical (unpaired) electrons. The first-order valence-corrected chi connectivity index (χ1v) is 13.3. The van der Waals surface area contributed by atoms with Crippen LogP contribution in [0.25, 0.3) is 0 Å². The van der Waals surface area contributed by atoms with Crippen molar-refractivity contribution in [2.75, 3.05) is 26.7 Å². The van der Waals surface area contributed by atoms with Gasteiger partial charge in [0.2, 0.25) is 10.0 Å². The van der Waals surface area contributed by atoms with E-state index in [4.69, 9.17) is 4.74 Å². The standard InChI is InChI=1S/C25H35N3O4S/c1-19(18-29)28-13-11-23(17-27(2)16-20-6-5-12-26-15-20)32-24-14-22(21-7-3-4-8-21)9-10-25(24)33(28,30)31/h5-6,9-10,12,14-15,19,21,23,29H,3-4,7-8,11,13,16-18H2,1-2H3. The molecule has 1 aromatic carbocycles. The van der Waals surface area contributed by atoms with Crippen molar-refractivity contribution in [3.63, 3.8) is 0 Å². The van der Waals surface area contributed by atoms with Crippen LogP contribution in [0.2, 0.25) is 0 Å². The summed E-state index contributed by atoms with van der Waals surface area (Å²) in [5, 5.41) is 9.74. The zero-order valence-electron chi connectivity index (χ0n) is 19.6. The highest BCUT2D eigenvalue weighted by atomic mass is 32.2. The van der Waals surface area contributed by atoms with Gasteiger partial charge in [0.15, 0.2) is 0 Å². The van der Waals surface area contributed by atoms with Crippen LogP contribution in [0.4, 0.5) is 0 Å². The lowest BCUT2D eigenvalue weighted by molar-refractivity contribution is 0.113. The van der Waals surface area contributed by atoms with Crippen LogP contribution >= 0.6 is 0 Å². The van der Waals surface area contributed by atoms with E-state index in [1.165, 1.54) is 17.1 Å². The first-order valence-electron chi connectivity index (χ1n) is 11.9. The number of hydrogen-bond acceptors (Lipinski definition) is 6. The van der Waals surface area contributed by atoms with Gasteiger partial charge < -0.3 is 9.84 Å². The van der Waals surface area contributed by atoms with Crippen molar-refractivity contribution in [1.29, 1.82) is 0 Å². The van der Waals surface area contributed by atoms with Gasteiger partial charge in [-0.2, -0.15) is 4.31 Å². The van der Waals surface area contributed by atoms with Crippen LogP contribution in [-0.2, 0) is 16.6 Å². The minimum absolute atomic E-state index is 0.173. The summed E-state index contributed by atoms with van der Waals surface area (Å²) in [5.74, 6) is 0.903. The molecule has 8 heteroatoms. The molecule has 0 amide bonds. The van der Waals surface area contributed by atoms with Gasteiger partial charge in [-0.3, -0.25) is 9.88 Å². The molecule has 2 aliphatic rings. The number of fused-ring (bicyclic) bond motifs is 1. The maximum absolute atomic E-state index is 13.5. The number of pyridine rings is 1. The van der Waals surface area contributed by atoms with E-state index in [0.717, 1.165) is 30.5 Å². The lowest BCUT2D eigenvalue weighted by Gasteiger charge is -2.34. The molecular weight excluding hydrogens is 438 g/mol. The molecule has 2 heterocycles. The second kappa shape index (κ2) is 10.5. The molecule has 2 unspecified atom stereocenters. The number of ether oxygens (including phenoxy) is 1. The van der Waals surface area contributed by atoms with Gasteiger partial charge in [-0.1, -0.05) is 25.0 Å². The van der Waals surface area contributed by atoms with E-state index >= 15 is 0 Å². The minimum atomic E-state index is -3.77. The van der Waals surface area contributed by atoms with Crippen molar-refractivity contribution in [3.8, 4) is 5.75 Å². The number of nitrogens with zero attached hydrogens (tertiary/aromatic N) is 3. The van der Waals surface area contributed by atoms with Gasteiger partial charge in [-0.25, -0.2) is 8.42 Å². The van der Waals surface area contributed by atoms with Crippen molar-refractivity contribution < 1.29 is 18.3 Å². The Labute approximate surface area is 197 Å². The van der Waals surface area contributed by atoms with Crippen LogP contribution in [0, 0.1) is 0 Å². The number of hydrogen-bond donors (Lipinski definition) is 1. The number of likely N-dealkylation sites (N-methyl/N-ethyl adjacent to an activating group) is 1. The van der Waals surface area contributed by atoms with Crippen molar-refractivity contribution in [3.05, 3.63) is 53.9 Å². The van der Waals surface area contributed by atoms with Crippen LogP contribution in [-0.4, -0.2) is 66.6 Å². The van der Waals surface area contributed by atoms with Crippen LogP contribution in [0.1, 0.15) is 56.1 Å². The third-order valence-corrected chi connectivity index (χ3v) is 8.85. The third-order valence-electron chi connectivity index (χ3n) is 6.79. The van der Waals surface area contributed by atoms with Gasteiger partial charge in [0.1, 0.15) is 16.7 Å². The molecule has 1 aliphatic carbocycles. The monoisotopic (exact) mass is 473 g/mol. The Kier molecular flexibility index (Phi) is 7.69. The molecule has 1 saturated carbocycles. The second-order valence-electron chi connectivity index (χ2n) is 9.42. The van der Waals surface area contributed by atoms with Crippen LogP contribution in [0.15, 0.2) is 47.6 Å². The van der Waals surface area contributed by atoms with Gasteiger partial charge in [0, 0.05) is 38.1 Å². The Morgan fingerprint density at radius 3 is 2.73 bits per heavy atom. The van der Waals surface area contributed by atoms with Crippen LogP contribution < -0.4 is 4.74 Å². The van der Waals surface area contributed by atoms with E-state index in [9.17, 15) is 13.5 Å². The molecule has 0 saturated heterocycles. The molecule has 1 N–H and O–H groups in total. The van der Waals surface area contributed by atoms with Crippen molar-refractivity contribution >= 4 is 10.0 Å². The summed E-state index contributed by atoms with van der Waals surface area (Å²) in [5.41, 5.74) is 2.28. The number of benzene rings is 1. The van der Waals surface area contributed by atoms with Crippen molar-refractivity contribution in [1.82, 2.24) is 14.2 Å². The highest BCUT2D eigenvalue weighted by Crippen LogP contribution is 2.39. The van der Waals surface area contributed by atoms with E-state index in [1.807, 2.05) is 37.5 Å². The fourth-order valence-electron chi connectivity index (χ4n) is 4.99. The predicted molar refractivity (Wildman–Crippen MR) is 128 cm³/mol. The first-order chi connectivity index (χ1) is 15.9. The summed E-state index contributed by atoms with van der Waals surface area (Å²) < 4.78 is 34.8. The summed E-state index contributed by atoms with van der Waals surface area (Å²) in [6.45, 7) is 3.22. The summed E-state index contributed by atoms with van der Waals surface area (Å²) >= 11 is 0. The Balaban J connectivity index is 1.63. The van der Waals surface area contributed by atoms with E-state index in [1.54, 1.807) is 19.2 Å². The van der Waals surface area contributed by atoms with E-state index in [-0.39, 0.29) is 17.6 Å². The highest BCUT2D eigenvalue weighted by molar-refractivity contribution is 7.89. The van der Waals surface area contributed by atoms with Gasteiger partial charge in [0.05, 0.1) is 6.61 Å². The SMILES string of the molecule is CC(CO)N1CCC(CN(C)Cc2cccnc2)Oc2cc(C3CCCC3)ccc2S1(=O)=O. The molecule has 1 aliphatic heterocycles. The maximum Gasteiger partial charge on any atom is 0.247 e. The van der Waals surface area contributed by atoms with E-state index in [2.05, 4.69) is 9.88 Å². The summed E-state index contributed by atoms with van der Waals surface area (Å²) in [6.07, 6.45) is 8.69. The molecule has 4 rings (SSSR count). The average molecular weight is 474 g/mol. The maximum atomic E-state index is 13.5. The molecule has 33 heavy (non-hydrogen) atoms. The van der Waals surface area contributed by atoms with Crippen molar-refractivity contribution in [2.24, 2.45) is 0 Å². The molecule has 0 spiro atoms. The lowest BCUT2D eigenvalue weighted by atomic mass is 9.97. The van der Waals surface area contributed by atoms with E-state index in [0.29, 0.717) is 31.2 Å². The van der Waals surface area contributed by atoms with Crippen LogP contribution in [0.5, 0.6) is 5.75 Å². The molecule has 2 atom stereocenters. The van der Waals surface area contributed by atoms with Gasteiger partial charge in [-0.05, 0) is 68.5 Å². The fraction of sp³-hybridized carbons (Fsp3) is 0.560. The number of aliphatic hydroxyl groups excluding tert-OH is 1.